The monoisotopic (exact) mass is 583 g/mol. The van der Waals surface area contributed by atoms with Crippen LogP contribution < -0.4 is 0 Å². The van der Waals surface area contributed by atoms with Crippen molar-refractivity contribution >= 4 is 17.3 Å². The Morgan fingerprint density at radius 3 is 2.48 bits per heavy atom. The highest BCUT2D eigenvalue weighted by atomic mass is 32.1. The number of halogens is 2. The van der Waals surface area contributed by atoms with Gasteiger partial charge < -0.3 is 4.74 Å². The Morgan fingerprint density at radius 2 is 1.76 bits per heavy atom. The van der Waals surface area contributed by atoms with E-state index < -0.39 is 5.97 Å². The molecule has 1 fully saturated rings. The molecule has 0 aliphatic heterocycles. The largest absolute Gasteiger partial charge is 0.461 e. The lowest BCUT2D eigenvalue weighted by Gasteiger charge is -2.10. The summed E-state index contributed by atoms with van der Waals surface area (Å²) in [6, 6.07) is 18.1. The number of ether oxygens (including phenoxy) is 1. The van der Waals surface area contributed by atoms with Crippen molar-refractivity contribution in [1.29, 1.82) is 0 Å². The second-order valence-corrected chi connectivity index (χ2v) is 11.7. The Labute approximate surface area is 247 Å². The van der Waals surface area contributed by atoms with E-state index in [0.29, 0.717) is 34.3 Å². The summed E-state index contributed by atoms with van der Waals surface area (Å²) < 4.78 is 36.8. The summed E-state index contributed by atoms with van der Waals surface area (Å²) >= 11 is 1.32. The summed E-state index contributed by atoms with van der Waals surface area (Å²) in [5.74, 6) is -0.538. The number of benzene rings is 3. The van der Waals surface area contributed by atoms with Crippen molar-refractivity contribution in [3.8, 4) is 27.5 Å². The molecule has 8 heteroatoms. The van der Waals surface area contributed by atoms with Crippen LogP contribution in [0.15, 0.2) is 66.0 Å². The highest BCUT2D eigenvalue weighted by Gasteiger charge is 2.29. The second-order valence-electron chi connectivity index (χ2n) is 10.9. The Kier molecular flexibility index (Phi) is 7.73. The maximum atomic E-state index is 15.2. The van der Waals surface area contributed by atoms with Gasteiger partial charge in [0.15, 0.2) is 5.69 Å². The smallest absolute Gasteiger partial charge is 0.357 e. The van der Waals surface area contributed by atoms with Crippen LogP contribution in [-0.4, -0.2) is 27.3 Å². The predicted octanol–water partition coefficient (Wildman–Crippen LogP) is 8.28. The van der Waals surface area contributed by atoms with Crippen LogP contribution in [0, 0.1) is 31.4 Å². The van der Waals surface area contributed by atoms with Gasteiger partial charge in [-0.15, -0.1) is 11.3 Å². The van der Waals surface area contributed by atoms with Gasteiger partial charge in [-0.05, 0) is 86.9 Å². The Hall–Kier alpha value is -4.17. The Morgan fingerprint density at radius 1 is 1.00 bits per heavy atom. The van der Waals surface area contributed by atoms with Crippen molar-refractivity contribution in [2.45, 2.75) is 46.5 Å². The van der Waals surface area contributed by atoms with Gasteiger partial charge in [0.2, 0.25) is 5.13 Å². The topological polar surface area (TPSA) is 57.0 Å². The van der Waals surface area contributed by atoms with Crippen molar-refractivity contribution in [2.75, 3.05) is 6.61 Å². The zero-order valence-electron chi connectivity index (χ0n) is 23.8. The molecule has 0 unspecified atom stereocenters. The van der Waals surface area contributed by atoms with E-state index in [1.807, 2.05) is 48.0 Å². The lowest BCUT2D eigenvalue weighted by molar-refractivity contribution is 0.0520. The zero-order valence-corrected chi connectivity index (χ0v) is 24.6. The summed E-state index contributed by atoms with van der Waals surface area (Å²) in [5.41, 5.74) is 7.36. The molecule has 2 heterocycles. The van der Waals surface area contributed by atoms with Crippen LogP contribution in [0.25, 0.3) is 27.5 Å². The quantitative estimate of drug-likeness (QED) is 0.164. The first-order valence-corrected chi connectivity index (χ1v) is 15.0. The highest BCUT2D eigenvalue weighted by Crippen LogP contribution is 2.39. The molecule has 5 aromatic rings. The van der Waals surface area contributed by atoms with Crippen LogP contribution in [0.2, 0.25) is 0 Å². The summed E-state index contributed by atoms with van der Waals surface area (Å²) in [6.45, 7) is 5.76. The average Bonchev–Trinajstić information content (AvgIpc) is 3.54. The number of esters is 1. The standard InChI is InChI=1S/C34H31F2N3O2S/c1-4-41-33(40)30-19-42-34(37-30)39-31(17-22-9-10-22)27(15-23-8-7-21(3)29(36)16-23)32(38-39)25-13-14-28(35)26(18-25)24-11-5-20(2)6-12-24/h5-8,11-14,16,18-19,22H,4,9-10,15,17H2,1-3H3. The van der Waals surface area contributed by atoms with Crippen molar-refractivity contribution in [3.63, 3.8) is 0 Å². The number of nitrogens with zero attached hydrogens (tertiary/aromatic N) is 3. The highest BCUT2D eigenvalue weighted by molar-refractivity contribution is 7.12. The van der Waals surface area contributed by atoms with E-state index >= 15 is 4.39 Å². The molecule has 214 valence electrons. The molecule has 1 saturated carbocycles. The number of aromatic nitrogens is 3. The van der Waals surface area contributed by atoms with Crippen LogP contribution in [0.5, 0.6) is 0 Å². The van der Waals surface area contributed by atoms with Gasteiger partial charge in [0.05, 0.1) is 18.0 Å². The average molecular weight is 584 g/mol. The van der Waals surface area contributed by atoms with Crippen LogP contribution in [0.3, 0.4) is 0 Å². The molecule has 6 rings (SSSR count). The SMILES string of the molecule is CCOC(=O)c1csc(-n2nc(-c3ccc(F)c(-c4ccc(C)cc4)c3)c(Cc3ccc(C)c(F)c3)c2CC2CC2)n1. The van der Waals surface area contributed by atoms with E-state index in [2.05, 4.69) is 4.98 Å². The second kappa shape index (κ2) is 11.6. The van der Waals surface area contributed by atoms with Gasteiger partial charge in [-0.3, -0.25) is 0 Å². The van der Waals surface area contributed by atoms with Crippen molar-refractivity contribution in [3.05, 3.63) is 111 Å². The minimum Gasteiger partial charge on any atom is -0.461 e. The van der Waals surface area contributed by atoms with Gasteiger partial charge in [-0.25, -0.2) is 23.2 Å². The van der Waals surface area contributed by atoms with Gasteiger partial charge in [0, 0.05) is 28.5 Å². The third kappa shape index (κ3) is 5.77. The van der Waals surface area contributed by atoms with E-state index in [-0.39, 0.29) is 23.9 Å². The van der Waals surface area contributed by atoms with E-state index in [0.717, 1.165) is 52.8 Å². The molecule has 1 aliphatic carbocycles. The summed E-state index contributed by atoms with van der Waals surface area (Å²) in [4.78, 5) is 17.0. The lowest BCUT2D eigenvalue weighted by atomic mass is 9.94. The summed E-state index contributed by atoms with van der Waals surface area (Å²) in [6.07, 6.45) is 3.47. The summed E-state index contributed by atoms with van der Waals surface area (Å²) in [7, 11) is 0. The number of hydrogen-bond donors (Lipinski definition) is 0. The fourth-order valence-electron chi connectivity index (χ4n) is 5.10. The molecule has 0 bridgehead atoms. The van der Waals surface area contributed by atoms with Crippen molar-refractivity contribution in [2.24, 2.45) is 5.92 Å². The van der Waals surface area contributed by atoms with E-state index in [4.69, 9.17) is 9.84 Å². The van der Waals surface area contributed by atoms with Gasteiger partial charge in [-0.2, -0.15) is 5.10 Å². The van der Waals surface area contributed by atoms with Gasteiger partial charge >= 0.3 is 5.97 Å². The van der Waals surface area contributed by atoms with Crippen LogP contribution >= 0.6 is 11.3 Å². The van der Waals surface area contributed by atoms with Gasteiger partial charge in [-0.1, -0.05) is 42.0 Å². The Bertz CT molecular complexity index is 1770. The fourth-order valence-corrected chi connectivity index (χ4v) is 5.87. The maximum Gasteiger partial charge on any atom is 0.357 e. The minimum absolute atomic E-state index is 0.233. The van der Waals surface area contributed by atoms with Crippen molar-refractivity contribution in [1.82, 2.24) is 14.8 Å². The maximum absolute atomic E-state index is 15.2. The third-order valence-corrected chi connectivity index (χ3v) is 8.46. The number of rotatable bonds is 9. The minimum atomic E-state index is -0.479. The van der Waals surface area contributed by atoms with Crippen LogP contribution in [0.1, 0.15) is 58.2 Å². The number of thiazole rings is 1. The molecular formula is C34H31F2N3O2S. The number of hydrogen-bond acceptors (Lipinski definition) is 5. The number of carbonyl (C=O) groups is 1. The molecule has 0 saturated heterocycles. The molecule has 0 spiro atoms. The first-order valence-electron chi connectivity index (χ1n) is 14.2. The molecule has 0 amide bonds. The predicted molar refractivity (Wildman–Crippen MR) is 161 cm³/mol. The number of carbonyl (C=O) groups excluding carboxylic acids is 1. The van der Waals surface area contributed by atoms with Crippen molar-refractivity contribution < 1.29 is 18.3 Å². The molecule has 3 aromatic carbocycles. The molecule has 0 atom stereocenters. The molecule has 0 radical (unpaired) electrons. The molecule has 5 nitrogen and oxygen atoms in total. The zero-order chi connectivity index (χ0) is 29.4. The molecule has 2 aromatic heterocycles. The summed E-state index contributed by atoms with van der Waals surface area (Å²) in [5, 5.41) is 7.29. The van der Waals surface area contributed by atoms with Crippen LogP contribution in [0.4, 0.5) is 8.78 Å². The van der Waals surface area contributed by atoms with Gasteiger partial charge in [0.1, 0.15) is 11.6 Å². The molecular weight excluding hydrogens is 552 g/mol. The van der Waals surface area contributed by atoms with E-state index in [1.165, 1.54) is 17.4 Å². The molecule has 0 N–H and O–H groups in total. The number of aryl methyl sites for hydroxylation is 2. The van der Waals surface area contributed by atoms with E-state index in [9.17, 15) is 9.18 Å². The molecule has 42 heavy (non-hydrogen) atoms. The fraction of sp³-hybridized carbons (Fsp3) is 0.265. The first-order chi connectivity index (χ1) is 20.3. The third-order valence-electron chi connectivity index (χ3n) is 7.65. The van der Waals surface area contributed by atoms with E-state index in [1.54, 1.807) is 37.4 Å². The normalized spacial score (nSPS) is 13.0. The Balaban J connectivity index is 1.52. The first kappa shape index (κ1) is 28.0. The lowest BCUT2D eigenvalue weighted by Crippen LogP contribution is -2.08. The molecule has 1 aliphatic rings. The van der Waals surface area contributed by atoms with Crippen LogP contribution in [-0.2, 0) is 17.6 Å². The van der Waals surface area contributed by atoms with Gasteiger partial charge in [0.25, 0.3) is 0 Å².